The number of carboxylic acid groups (broad SMARTS) is 1. The molecule has 0 fully saturated rings. The molecule has 96 valence electrons. The van der Waals surface area contributed by atoms with Crippen molar-refractivity contribution in [1.82, 2.24) is 4.57 Å². The summed E-state index contributed by atoms with van der Waals surface area (Å²) in [6, 6.07) is 3.57. The molecule has 1 heterocycles. The third-order valence-corrected chi connectivity index (χ3v) is 3.82. The molecule has 4 nitrogen and oxygen atoms in total. The molecule has 0 amide bonds. The molecule has 0 aliphatic carbocycles. The molecule has 0 atom stereocenters. The second kappa shape index (κ2) is 4.78. The zero-order valence-electron chi connectivity index (χ0n) is 10.1. The highest BCUT2D eigenvalue weighted by atomic mass is 35.5. The number of aliphatic carboxylic acids is 1. The van der Waals surface area contributed by atoms with Crippen LogP contribution in [-0.4, -0.2) is 15.6 Å². The van der Waals surface area contributed by atoms with Gasteiger partial charge >= 0.3 is 5.97 Å². The quantitative estimate of drug-likeness (QED) is 0.882. The molecule has 2 aromatic rings. The maximum Gasteiger partial charge on any atom is 0.307 e. The number of hydrogen-bond donors (Lipinski definition) is 1. The highest BCUT2D eigenvalue weighted by Gasteiger charge is 2.21. The number of carbonyl (C=O) groups is 1. The summed E-state index contributed by atoms with van der Waals surface area (Å²) in [5, 5.41) is 9.74. The van der Waals surface area contributed by atoms with Gasteiger partial charge in [-0.25, -0.2) is 9.13 Å². The van der Waals surface area contributed by atoms with Crippen LogP contribution in [0.5, 0.6) is 0 Å². The molecule has 18 heavy (non-hydrogen) atoms. The van der Waals surface area contributed by atoms with Gasteiger partial charge in [0, 0.05) is 19.1 Å². The first-order valence-corrected chi connectivity index (χ1v) is 6.23. The predicted octanol–water partition coefficient (Wildman–Crippen LogP) is 2.56. The van der Waals surface area contributed by atoms with Crippen molar-refractivity contribution in [1.29, 1.82) is 0 Å². The lowest BCUT2D eigenvalue weighted by Crippen LogP contribution is -2.31. The average molecular weight is 288 g/mol. The minimum absolute atomic E-state index is 0.0743. The van der Waals surface area contributed by atoms with Crippen molar-refractivity contribution in [3.63, 3.8) is 0 Å². The molecule has 0 radical (unpaired) electrons. The number of rotatable bonds is 3. The Bertz CT molecular complexity index is 635. The van der Waals surface area contributed by atoms with E-state index in [0.717, 1.165) is 16.9 Å². The summed E-state index contributed by atoms with van der Waals surface area (Å²) in [4.78, 5) is 10.7. The van der Waals surface area contributed by atoms with Crippen LogP contribution in [0.4, 0.5) is 0 Å². The van der Waals surface area contributed by atoms with Crippen LogP contribution < -0.4 is 4.57 Å². The highest BCUT2D eigenvalue weighted by Crippen LogP contribution is 2.27. The fourth-order valence-corrected chi connectivity index (χ4v) is 2.35. The van der Waals surface area contributed by atoms with Gasteiger partial charge in [0.25, 0.3) is 5.82 Å². The molecule has 0 aliphatic heterocycles. The van der Waals surface area contributed by atoms with E-state index in [0.29, 0.717) is 16.6 Å². The smallest absolute Gasteiger partial charge is 0.307 e. The summed E-state index contributed by atoms with van der Waals surface area (Å²) in [6.45, 7) is 2.35. The van der Waals surface area contributed by atoms with Crippen molar-refractivity contribution < 1.29 is 14.5 Å². The van der Waals surface area contributed by atoms with Gasteiger partial charge in [-0.05, 0) is 0 Å². The fraction of sp³-hybridized carbons (Fsp3) is 0.333. The molecule has 0 saturated carbocycles. The Hall–Kier alpha value is -1.26. The van der Waals surface area contributed by atoms with Crippen LogP contribution >= 0.6 is 23.2 Å². The first-order valence-electron chi connectivity index (χ1n) is 5.47. The van der Waals surface area contributed by atoms with Crippen molar-refractivity contribution in [2.24, 2.45) is 7.05 Å². The van der Waals surface area contributed by atoms with Crippen molar-refractivity contribution in [2.75, 3.05) is 0 Å². The Morgan fingerprint density at radius 3 is 2.61 bits per heavy atom. The zero-order chi connectivity index (χ0) is 13.4. The van der Waals surface area contributed by atoms with Crippen LogP contribution in [0.15, 0.2) is 12.1 Å². The van der Waals surface area contributed by atoms with Crippen LogP contribution in [0.3, 0.4) is 0 Å². The standard InChI is InChI=1S/C12H12Cl2N2O2/c1-7-15(2)10-5-8(13)9(14)6-11(10)16(7)4-3-12(17)18/h5-6H,3-4H2,1-2H3/p+1. The highest BCUT2D eigenvalue weighted by molar-refractivity contribution is 6.42. The molecule has 0 spiro atoms. The molecular weight excluding hydrogens is 275 g/mol. The molecule has 1 aromatic heterocycles. The SMILES string of the molecule is Cc1n(CCC(=O)O)c2cc(Cl)c(Cl)cc2[n+]1C. The van der Waals surface area contributed by atoms with Gasteiger partial charge in [-0.1, -0.05) is 23.2 Å². The van der Waals surface area contributed by atoms with Crippen LogP contribution in [0, 0.1) is 6.92 Å². The lowest BCUT2D eigenvalue weighted by molar-refractivity contribution is -0.652. The lowest BCUT2D eigenvalue weighted by atomic mass is 10.3. The Balaban J connectivity index is 2.61. The van der Waals surface area contributed by atoms with Gasteiger partial charge in [-0.15, -0.1) is 0 Å². The van der Waals surface area contributed by atoms with Crippen LogP contribution in [0.25, 0.3) is 11.0 Å². The Morgan fingerprint density at radius 1 is 1.39 bits per heavy atom. The number of imidazole rings is 1. The molecule has 0 unspecified atom stereocenters. The van der Waals surface area contributed by atoms with Crippen molar-refractivity contribution in [3.05, 3.63) is 28.0 Å². The minimum atomic E-state index is -0.820. The topological polar surface area (TPSA) is 46.1 Å². The van der Waals surface area contributed by atoms with E-state index in [4.69, 9.17) is 28.3 Å². The number of benzene rings is 1. The van der Waals surface area contributed by atoms with Crippen molar-refractivity contribution in [2.45, 2.75) is 19.9 Å². The number of hydrogen-bond acceptors (Lipinski definition) is 1. The molecule has 2 rings (SSSR count). The van der Waals surface area contributed by atoms with Gasteiger partial charge < -0.3 is 5.11 Å². The van der Waals surface area contributed by atoms with Crippen LogP contribution in [0.2, 0.25) is 10.0 Å². The first-order chi connectivity index (χ1) is 8.41. The van der Waals surface area contributed by atoms with Gasteiger partial charge in [0.2, 0.25) is 0 Å². The molecule has 6 heteroatoms. The number of aromatic nitrogens is 2. The first kappa shape index (κ1) is 13.2. The molecule has 0 bridgehead atoms. The Labute approximate surface area is 114 Å². The maximum absolute atomic E-state index is 10.7. The third kappa shape index (κ3) is 2.18. The van der Waals surface area contributed by atoms with Gasteiger partial charge in [-0.2, -0.15) is 0 Å². The summed E-state index contributed by atoms with van der Waals surface area (Å²) in [5.41, 5.74) is 1.83. The normalized spacial score (nSPS) is 11.1. The summed E-state index contributed by atoms with van der Waals surface area (Å²) < 4.78 is 3.91. The summed E-state index contributed by atoms with van der Waals surface area (Å²) in [6.07, 6.45) is 0.0743. The van der Waals surface area contributed by atoms with E-state index in [1.54, 1.807) is 12.1 Å². The van der Waals surface area contributed by atoms with Crippen LogP contribution in [0.1, 0.15) is 12.2 Å². The van der Waals surface area contributed by atoms with Crippen molar-refractivity contribution in [3.8, 4) is 0 Å². The Morgan fingerprint density at radius 2 is 2.00 bits per heavy atom. The maximum atomic E-state index is 10.7. The van der Waals surface area contributed by atoms with E-state index in [1.807, 2.05) is 23.1 Å². The zero-order valence-corrected chi connectivity index (χ0v) is 11.6. The van der Waals surface area contributed by atoms with Gasteiger partial charge in [0.05, 0.1) is 23.5 Å². The van der Waals surface area contributed by atoms with Gasteiger partial charge in [-0.3, -0.25) is 4.79 Å². The van der Waals surface area contributed by atoms with E-state index >= 15 is 0 Å². The lowest BCUT2D eigenvalue weighted by Gasteiger charge is -1.98. The fourth-order valence-electron chi connectivity index (χ4n) is 2.03. The van der Waals surface area contributed by atoms with E-state index in [9.17, 15) is 4.79 Å². The number of carboxylic acids is 1. The van der Waals surface area contributed by atoms with E-state index in [1.165, 1.54) is 0 Å². The number of aryl methyl sites for hydroxylation is 2. The predicted molar refractivity (Wildman–Crippen MR) is 70.1 cm³/mol. The minimum Gasteiger partial charge on any atom is -0.481 e. The van der Waals surface area contributed by atoms with E-state index < -0.39 is 5.97 Å². The van der Waals surface area contributed by atoms with E-state index in [2.05, 4.69) is 0 Å². The number of fused-ring (bicyclic) bond motifs is 1. The number of halogens is 2. The average Bonchev–Trinajstić information content (AvgIpc) is 2.51. The van der Waals surface area contributed by atoms with Crippen molar-refractivity contribution >= 4 is 40.2 Å². The summed E-state index contributed by atoms with van der Waals surface area (Å²) in [7, 11) is 1.92. The second-order valence-corrected chi connectivity index (χ2v) is 4.97. The Kier molecular flexibility index (Phi) is 3.50. The molecule has 0 aliphatic rings. The summed E-state index contributed by atoms with van der Waals surface area (Å²) >= 11 is 12.0. The summed E-state index contributed by atoms with van der Waals surface area (Å²) in [5.74, 6) is 0.142. The van der Waals surface area contributed by atoms with E-state index in [-0.39, 0.29) is 6.42 Å². The molecule has 1 N–H and O–H groups in total. The van der Waals surface area contributed by atoms with Crippen LogP contribution in [-0.2, 0) is 18.4 Å². The number of nitrogens with zero attached hydrogens (tertiary/aromatic N) is 2. The third-order valence-electron chi connectivity index (χ3n) is 3.09. The molecule has 0 saturated heterocycles. The van der Waals surface area contributed by atoms with Gasteiger partial charge in [0.15, 0.2) is 11.0 Å². The second-order valence-electron chi connectivity index (χ2n) is 4.16. The van der Waals surface area contributed by atoms with Gasteiger partial charge in [0.1, 0.15) is 6.54 Å². The monoisotopic (exact) mass is 287 g/mol. The molecule has 1 aromatic carbocycles. The molecular formula is C12H13Cl2N2O2+. The largest absolute Gasteiger partial charge is 0.481 e.